The molecule has 0 saturated heterocycles. The van der Waals surface area contributed by atoms with Crippen molar-refractivity contribution in [2.24, 2.45) is 0 Å². The van der Waals surface area contributed by atoms with Gasteiger partial charge in [-0.15, -0.1) is 0 Å². The van der Waals surface area contributed by atoms with Gasteiger partial charge < -0.3 is 28.5 Å². The van der Waals surface area contributed by atoms with Crippen molar-refractivity contribution in [3.8, 4) is 0 Å². The molecule has 0 saturated carbocycles. The summed E-state index contributed by atoms with van der Waals surface area (Å²) in [5, 5.41) is 3.03. The average molecular weight is 1040 g/mol. The Morgan fingerprint density at radius 2 is 0.806 bits per heavy atom. The molecule has 426 valence electrons. The van der Waals surface area contributed by atoms with Crippen LogP contribution in [0.1, 0.15) is 310 Å². The number of carbonyl (C=O) groups is 2. The van der Waals surface area contributed by atoms with E-state index in [1.54, 1.807) is 0 Å². The molecule has 0 rings (SSSR count). The van der Waals surface area contributed by atoms with E-state index in [0.717, 1.165) is 70.6 Å². The molecule has 3 atom stereocenters. The quantitative estimate of drug-likeness (QED) is 0.0212. The van der Waals surface area contributed by atoms with Crippen LogP contribution in [0.2, 0.25) is 0 Å². The summed E-state index contributed by atoms with van der Waals surface area (Å²) in [7, 11) is 1.20. The van der Waals surface area contributed by atoms with Crippen LogP contribution >= 0.6 is 7.82 Å². The summed E-state index contributed by atoms with van der Waals surface area (Å²) in [5.74, 6) is -0.530. The first-order valence-corrected chi connectivity index (χ1v) is 32.6. The van der Waals surface area contributed by atoms with Gasteiger partial charge in [-0.05, 0) is 57.4 Å². The molecule has 0 bridgehead atoms. The van der Waals surface area contributed by atoms with Crippen LogP contribution in [-0.2, 0) is 27.9 Å². The van der Waals surface area contributed by atoms with Crippen molar-refractivity contribution in [1.82, 2.24) is 5.32 Å². The molecule has 1 amide bonds. The Balaban J connectivity index is 5.22. The number of nitrogens with zero attached hydrogens (tertiary/aromatic N) is 1. The third-order valence-corrected chi connectivity index (χ3v) is 15.1. The number of amides is 1. The van der Waals surface area contributed by atoms with E-state index in [2.05, 4.69) is 38.2 Å². The lowest BCUT2D eigenvalue weighted by Gasteiger charge is -2.30. The average Bonchev–Trinajstić information content (AvgIpc) is 3.34. The van der Waals surface area contributed by atoms with Gasteiger partial charge in [-0.1, -0.05) is 264 Å². The number of unbranched alkanes of at least 4 members (excludes halogenated alkanes) is 39. The number of esters is 1. The van der Waals surface area contributed by atoms with Crippen molar-refractivity contribution >= 4 is 19.7 Å². The predicted octanol–water partition coefficient (Wildman–Crippen LogP) is 18.3. The maximum Gasteiger partial charge on any atom is 0.306 e. The van der Waals surface area contributed by atoms with Crippen molar-refractivity contribution in [3.05, 3.63) is 24.3 Å². The zero-order chi connectivity index (χ0) is 52.9. The van der Waals surface area contributed by atoms with Gasteiger partial charge in [0.2, 0.25) is 5.91 Å². The van der Waals surface area contributed by atoms with Crippen molar-refractivity contribution in [3.63, 3.8) is 0 Å². The number of nitrogens with one attached hydrogen (secondary N) is 1. The lowest BCUT2D eigenvalue weighted by Crippen LogP contribution is -2.47. The lowest BCUT2D eigenvalue weighted by atomic mass is 10.0. The predicted molar refractivity (Wildman–Crippen MR) is 307 cm³/mol. The number of quaternary nitrogens is 1. The van der Waals surface area contributed by atoms with E-state index in [0.29, 0.717) is 17.4 Å². The summed E-state index contributed by atoms with van der Waals surface area (Å²) in [6.07, 6.45) is 61.4. The second-order valence-electron chi connectivity index (χ2n) is 22.6. The van der Waals surface area contributed by atoms with Gasteiger partial charge in [-0.3, -0.25) is 14.2 Å². The molecule has 0 fully saturated rings. The first kappa shape index (κ1) is 70.5. The fraction of sp³-hybridized carbons (Fsp3) is 0.903. The molecular formula is C62H121N2O7P. The molecule has 0 aromatic rings. The maximum atomic E-state index is 13.5. The standard InChI is InChI=1S/C62H121N2O7P/c1-7-10-13-16-19-22-25-28-30-31-32-33-35-37-40-43-46-49-52-55-62(66)71-60(53-50-47-44-41-38-27-24-21-18-15-12-9-3)59(58-70-72(67,68)69-57-56-64(4,5)6)63-61(65)54-51-48-45-42-39-36-34-29-26-23-20-17-14-11-8-2/h23,26,50,53,59-60H,7-22,24-25,27-49,51-52,54-58H2,1-6H3,(H-,63,65,67,68)/b26-23-,53-50+. The maximum absolute atomic E-state index is 13.5. The third-order valence-electron chi connectivity index (χ3n) is 14.1. The molecule has 0 aliphatic heterocycles. The van der Waals surface area contributed by atoms with Gasteiger partial charge >= 0.3 is 5.97 Å². The van der Waals surface area contributed by atoms with Crippen molar-refractivity contribution in [2.75, 3.05) is 40.9 Å². The van der Waals surface area contributed by atoms with E-state index in [9.17, 15) is 19.0 Å². The van der Waals surface area contributed by atoms with E-state index in [1.165, 1.54) is 205 Å². The highest BCUT2D eigenvalue weighted by Gasteiger charge is 2.27. The minimum Gasteiger partial charge on any atom is -0.756 e. The van der Waals surface area contributed by atoms with Crippen LogP contribution in [0.4, 0.5) is 0 Å². The minimum atomic E-state index is -4.69. The molecule has 0 spiro atoms. The molecule has 0 heterocycles. The Morgan fingerprint density at radius 3 is 1.19 bits per heavy atom. The molecule has 0 aliphatic carbocycles. The zero-order valence-electron chi connectivity index (χ0n) is 48.7. The number of hydrogen-bond acceptors (Lipinski definition) is 7. The highest BCUT2D eigenvalue weighted by molar-refractivity contribution is 7.45. The molecule has 0 aromatic carbocycles. The molecule has 3 unspecified atom stereocenters. The number of likely N-dealkylation sites (N-methyl/N-ethyl adjacent to an activating group) is 1. The second-order valence-corrected chi connectivity index (χ2v) is 24.0. The van der Waals surface area contributed by atoms with Gasteiger partial charge in [0.25, 0.3) is 7.82 Å². The Labute approximate surface area is 447 Å². The van der Waals surface area contributed by atoms with Crippen LogP contribution in [0, 0.1) is 0 Å². The summed E-state index contributed by atoms with van der Waals surface area (Å²) in [6, 6.07) is -0.884. The van der Waals surface area contributed by atoms with Gasteiger partial charge in [0.1, 0.15) is 19.3 Å². The summed E-state index contributed by atoms with van der Waals surface area (Å²) in [5.41, 5.74) is 0. The van der Waals surface area contributed by atoms with Gasteiger partial charge in [-0.25, -0.2) is 0 Å². The summed E-state index contributed by atoms with van der Waals surface area (Å²) < 4.78 is 30.3. The fourth-order valence-electron chi connectivity index (χ4n) is 9.28. The summed E-state index contributed by atoms with van der Waals surface area (Å²) in [4.78, 5) is 39.9. The van der Waals surface area contributed by atoms with Crippen molar-refractivity contribution in [1.29, 1.82) is 0 Å². The smallest absolute Gasteiger partial charge is 0.306 e. The van der Waals surface area contributed by atoms with E-state index in [1.807, 2.05) is 33.3 Å². The van der Waals surface area contributed by atoms with Crippen LogP contribution in [0.3, 0.4) is 0 Å². The normalized spacial score (nSPS) is 13.8. The number of allylic oxidation sites excluding steroid dienone is 3. The molecule has 1 N–H and O–H groups in total. The van der Waals surface area contributed by atoms with E-state index >= 15 is 0 Å². The first-order chi connectivity index (χ1) is 34.9. The fourth-order valence-corrected chi connectivity index (χ4v) is 10.0. The highest BCUT2D eigenvalue weighted by Crippen LogP contribution is 2.38. The zero-order valence-corrected chi connectivity index (χ0v) is 49.6. The molecule has 0 radical (unpaired) electrons. The molecule has 72 heavy (non-hydrogen) atoms. The van der Waals surface area contributed by atoms with Crippen molar-refractivity contribution < 1.29 is 37.3 Å². The Bertz CT molecular complexity index is 1290. The number of phosphoric ester groups is 1. The van der Waals surface area contributed by atoms with E-state index < -0.39 is 20.0 Å². The largest absolute Gasteiger partial charge is 0.756 e. The van der Waals surface area contributed by atoms with Gasteiger partial charge in [0, 0.05) is 12.8 Å². The molecule has 0 aromatic heterocycles. The minimum absolute atomic E-state index is 0.0197. The first-order valence-electron chi connectivity index (χ1n) is 31.1. The van der Waals surface area contributed by atoms with Crippen LogP contribution in [0.25, 0.3) is 0 Å². The van der Waals surface area contributed by atoms with Gasteiger partial charge in [0.15, 0.2) is 0 Å². The summed E-state index contributed by atoms with van der Waals surface area (Å²) >= 11 is 0. The topological polar surface area (TPSA) is 114 Å². The third kappa shape index (κ3) is 53.3. The number of ether oxygens (including phenoxy) is 1. The molecule has 9 nitrogen and oxygen atoms in total. The molecular weight excluding hydrogens is 916 g/mol. The number of rotatable bonds is 57. The number of phosphoric acid groups is 1. The Morgan fingerprint density at radius 1 is 0.472 bits per heavy atom. The second kappa shape index (κ2) is 52.9. The van der Waals surface area contributed by atoms with E-state index in [4.69, 9.17) is 13.8 Å². The molecule has 0 aliphatic rings. The van der Waals surface area contributed by atoms with Crippen molar-refractivity contribution in [2.45, 2.75) is 322 Å². The van der Waals surface area contributed by atoms with Crippen LogP contribution in [0.5, 0.6) is 0 Å². The van der Waals surface area contributed by atoms with Crippen LogP contribution in [0.15, 0.2) is 24.3 Å². The number of hydrogen-bond donors (Lipinski definition) is 1. The Hall–Kier alpha value is -1.51. The SMILES string of the molecule is CCCCCC/C=C\CCCCCCCCCC(=O)NC(COP(=O)([O-])OCC[N+](C)(C)C)C(/C=C/CCCCCCCCCCCC)OC(=O)CCCCCCCCCCCCCCCCCCCCC. The highest BCUT2D eigenvalue weighted by atomic mass is 31.2. The number of carbonyl (C=O) groups excluding carboxylic acids is 2. The monoisotopic (exact) mass is 1040 g/mol. The Kier molecular flexibility index (Phi) is 51.8. The van der Waals surface area contributed by atoms with Crippen LogP contribution in [-0.4, -0.2) is 69.4 Å². The molecule has 10 heteroatoms. The van der Waals surface area contributed by atoms with E-state index in [-0.39, 0.29) is 31.5 Å². The van der Waals surface area contributed by atoms with Crippen LogP contribution < -0.4 is 10.2 Å². The van der Waals surface area contributed by atoms with Gasteiger partial charge in [-0.2, -0.15) is 0 Å². The summed E-state index contributed by atoms with van der Waals surface area (Å²) in [6.45, 7) is 6.87. The van der Waals surface area contributed by atoms with Gasteiger partial charge in [0.05, 0.1) is 33.8 Å². The lowest BCUT2D eigenvalue weighted by molar-refractivity contribution is -0.870.